The van der Waals surface area contributed by atoms with E-state index in [2.05, 4.69) is 20.4 Å². The molecule has 2 unspecified atom stereocenters. The molecule has 41 heavy (non-hydrogen) atoms. The molecule has 1 aliphatic heterocycles. The summed E-state index contributed by atoms with van der Waals surface area (Å²) in [6, 6.07) is 2.95. The van der Waals surface area contributed by atoms with Crippen molar-refractivity contribution in [2.24, 2.45) is 13.0 Å². The van der Waals surface area contributed by atoms with E-state index in [1.807, 2.05) is 0 Å². The molecule has 2 aromatic heterocycles. The first-order valence-corrected chi connectivity index (χ1v) is 13.0. The maximum Gasteiger partial charge on any atom is 0.282 e. The number of amides is 2. The highest BCUT2D eigenvalue weighted by atomic mass is 19.3. The number of aromatic amines is 1. The highest BCUT2D eigenvalue weighted by Crippen LogP contribution is 2.42. The Kier molecular flexibility index (Phi) is 7.49. The Bertz CT molecular complexity index is 1440. The molecule has 1 aliphatic carbocycles. The van der Waals surface area contributed by atoms with E-state index in [1.54, 1.807) is 7.05 Å². The first kappa shape index (κ1) is 28.9. The molecule has 8 nitrogen and oxygen atoms in total. The number of fused-ring (bicyclic) bond motifs is 1. The molecule has 15 heteroatoms. The molecular weight excluding hydrogens is 561 g/mol. The zero-order valence-electron chi connectivity index (χ0n) is 21.8. The molecule has 2 atom stereocenters. The third-order valence-corrected chi connectivity index (χ3v) is 7.75. The monoisotopic (exact) mass is 588 g/mol. The Labute approximate surface area is 229 Å². The van der Waals surface area contributed by atoms with E-state index in [9.17, 15) is 35.9 Å². The van der Waals surface area contributed by atoms with Crippen molar-refractivity contribution in [1.29, 1.82) is 0 Å². The third kappa shape index (κ3) is 5.89. The van der Waals surface area contributed by atoms with Gasteiger partial charge < -0.3 is 15.2 Å². The first-order valence-electron chi connectivity index (χ1n) is 13.0. The average molecular weight is 589 g/mol. The summed E-state index contributed by atoms with van der Waals surface area (Å²) in [5.41, 5.74) is -0.449. The van der Waals surface area contributed by atoms with Crippen LogP contribution in [0.1, 0.15) is 65.9 Å². The summed E-state index contributed by atoms with van der Waals surface area (Å²) in [6.45, 7) is -1.89. The van der Waals surface area contributed by atoms with Crippen LogP contribution >= 0.6 is 0 Å². The molecule has 2 aliphatic rings. The smallest absolute Gasteiger partial charge is 0.282 e. The molecule has 5 rings (SSSR count). The molecule has 2 fully saturated rings. The second kappa shape index (κ2) is 10.6. The van der Waals surface area contributed by atoms with Crippen molar-refractivity contribution in [2.45, 2.75) is 62.3 Å². The maximum absolute atomic E-state index is 15.8. The van der Waals surface area contributed by atoms with Crippen molar-refractivity contribution in [3.63, 3.8) is 0 Å². The van der Waals surface area contributed by atoms with Gasteiger partial charge in [0.2, 0.25) is 18.3 Å². The summed E-state index contributed by atoms with van der Waals surface area (Å²) in [4.78, 5) is 33.7. The number of benzene rings is 1. The van der Waals surface area contributed by atoms with Crippen LogP contribution in [0.25, 0.3) is 11.0 Å². The first-order chi connectivity index (χ1) is 19.2. The third-order valence-electron chi connectivity index (χ3n) is 7.75. The molecule has 0 spiro atoms. The van der Waals surface area contributed by atoms with Gasteiger partial charge in [0.05, 0.1) is 30.6 Å². The summed E-state index contributed by atoms with van der Waals surface area (Å²) in [5.74, 6) is -10.9. The van der Waals surface area contributed by atoms with E-state index in [0.29, 0.717) is 4.90 Å². The highest BCUT2D eigenvalue weighted by molar-refractivity contribution is 5.93. The predicted molar refractivity (Wildman–Crippen MR) is 131 cm³/mol. The minimum absolute atomic E-state index is 0.0412. The quantitative estimate of drug-likeness (QED) is 0.364. The van der Waals surface area contributed by atoms with Gasteiger partial charge in [-0.1, -0.05) is 6.07 Å². The number of likely N-dealkylation sites (tertiary alicyclic amines) is 1. The van der Waals surface area contributed by atoms with Crippen LogP contribution in [0.5, 0.6) is 0 Å². The van der Waals surface area contributed by atoms with Crippen LogP contribution in [0, 0.1) is 11.7 Å². The lowest BCUT2D eigenvalue weighted by Gasteiger charge is -2.40. The zero-order valence-corrected chi connectivity index (χ0v) is 21.8. The van der Waals surface area contributed by atoms with Crippen LogP contribution in [-0.2, 0) is 11.8 Å². The van der Waals surface area contributed by atoms with Gasteiger partial charge in [0.25, 0.3) is 11.8 Å². The molecule has 1 aromatic carbocycles. The van der Waals surface area contributed by atoms with Crippen LogP contribution in [0.4, 0.5) is 30.7 Å². The Morgan fingerprint density at radius 1 is 1.10 bits per heavy atom. The number of carbonyl (C=O) groups is 2. The molecule has 3 aromatic rings. The van der Waals surface area contributed by atoms with E-state index in [-0.39, 0.29) is 35.4 Å². The summed E-state index contributed by atoms with van der Waals surface area (Å²) >= 11 is 0. The fourth-order valence-corrected chi connectivity index (χ4v) is 5.54. The number of H-pyrrole nitrogens is 1. The SMILES string of the molecule is Cn1nccc1C(=O)NC(c1nc2c(F)c(C(CC(F)F)C(=O)N3CC(F)(F)C3)ccc2[nH]1)C1CCC(F)(F)CC1. The van der Waals surface area contributed by atoms with Crippen molar-refractivity contribution >= 4 is 22.8 Å². The summed E-state index contributed by atoms with van der Waals surface area (Å²) in [7, 11) is 1.54. The van der Waals surface area contributed by atoms with E-state index in [0.717, 1.165) is 6.07 Å². The Hall–Kier alpha value is -3.65. The number of aromatic nitrogens is 4. The maximum atomic E-state index is 15.8. The lowest BCUT2D eigenvalue weighted by atomic mass is 9.81. The number of hydrogen-bond acceptors (Lipinski definition) is 4. The van der Waals surface area contributed by atoms with E-state index < -0.39 is 91.7 Å². The van der Waals surface area contributed by atoms with Crippen LogP contribution in [0.15, 0.2) is 24.4 Å². The summed E-state index contributed by atoms with van der Waals surface area (Å²) < 4.78 is 98.4. The number of aryl methyl sites for hydroxylation is 1. The molecule has 0 radical (unpaired) electrons. The number of halogens is 7. The predicted octanol–water partition coefficient (Wildman–Crippen LogP) is 4.95. The molecule has 3 heterocycles. The van der Waals surface area contributed by atoms with Crippen LogP contribution in [0.3, 0.4) is 0 Å². The largest absolute Gasteiger partial charge is 0.340 e. The van der Waals surface area contributed by atoms with Gasteiger partial charge in [-0.2, -0.15) is 5.10 Å². The van der Waals surface area contributed by atoms with Gasteiger partial charge in [-0.15, -0.1) is 0 Å². The van der Waals surface area contributed by atoms with E-state index in [4.69, 9.17) is 0 Å². The Morgan fingerprint density at radius 2 is 1.78 bits per heavy atom. The van der Waals surface area contributed by atoms with Gasteiger partial charge in [0, 0.05) is 38.1 Å². The topological polar surface area (TPSA) is 95.9 Å². The van der Waals surface area contributed by atoms with E-state index >= 15 is 4.39 Å². The van der Waals surface area contributed by atoms with Gasteiger partial charge in [0.1, 0.15) is 17.0 Å². The van der Waals surface area contributed by atoms with Gasteiger partial charge in [0.15, 0.2) is 5.82 Å². The van der Waals surface area contributed by atoms with Crippen molar-refractivity contribution < 1.29 is 40.3 Å². The molecular formula is C26H27F7N6O2. The second-order valence-corrected chi connectivity index (χ2v) is 10.7. The molecule has 0 bridgehead atoms. The van der Waals surface area contributed by atoms with Crippen LogP contribution < -0.4 is 5.32 Å². The summed E-state index contributed by atoms with van der Waals surface area (Å²) in [6.07, 6.45) is -3.45. The standard InChI is InChI=1S/C26H27F7N6O2/c1-38-17(6-9-34-38)23(40)37-20(13-4-7-25(30,31)8-5-13)22-35-16-3-2-14(19(29)21(16)36-22)15(10-18(27)28)24(41)39-11-26(32,33)12-39/h2-3,6,9,13,15,18,20H,4-5,7-8,10-12H2,1H3,(H,35,36)(H,37,40). The Morgan fingerprint density at radius 3 is 2.37 bits per heavy atom. The minimum atomic E-state index is -3.14. The number of nitrogens with one attached hydrogen (secondary N) is 2. The van der Waals surface area contributed by atoms with Gasteiger partial charge in [-0.3, -0.25) is 14.3 Å². The number of imidazole rings is 1. The van der Waals surface area contributed by atoms with Crippen LogP contribution in [-0.4, -0.2) is 67.8 Å². The second-order valence-electron chi connectivity index (χ2n) is 10.7. The fourth-order valence-electron chi connectivity index (χ4n) is 5.54. The van der Waals surface area contributed by atoms with Crippen molar-refractivity contribution in [3.8, 4) is 0 Å². The van der Waals surface area contributed by atoms with E-state index in [1.165, 1.54) is 23.0 Å². The molecule has 222 valence electrons. The molecule has 1 saturated carbocycles. The van der Waals surface area contributed by atoms with Crippen molar-refractivity contribution in [3.05, 3.63) is 47.3 Å². The lowest BCUT2D eigenvalue weighted by molar-refractivity contribution is -0.168. The number of carbonyl (C=O) groups excluding carboxylic acids is 2. The molecule has 1 saturated heterocycles. The summed E-state index contributed by atoms with van der Waals surface area (Å²) in [5, 5.41) is 6.73. The number of nitrogens with zero attached hydrogens (tertiary/aromatic N) is 4. The molecule has 2 amide bonds. The van der Waals surface area contributed by atoms with Gasteiger partial charge in [-0.25, -0.2) is 35.7 Å². The van der Waals surface area contributed by atoms with Gasteiger partial charge in [-0.05, 0) is 30.9 Å². The zero-order chi connectivity index (χ0) is 29.7. The normalized spacial score (nSPS) is 20.2. The van der Waals surface area contributed by atoms with Crippen molar-refractivity contribution in [2.75, 3.05) is 13.1 Å². The number of hydrogen-bond donors (Lipinski definition) is 2. The lowest BCUT2D eigenvalue weighted by Crippen LogP contribution is -2.59. The average Bonchev–Trinajstić information content (AvgIpc) is 3.51. The highest BCUT2D eigenvalue weighted by Gasteiger charge is 2.48. The fraction of sp³-hybridized carbons (Fsp3) is 0.538. The number of rotatable bonds is 8. The molecule has 2 N–H and O–H groups in total. The van der Waals surface area contributed by atoms with Crippen molar-refractivity contribution in [1.82, 2.24) is 30.0 Å². The van der Waals surface area contributed by atoms with Crippen LogP contribution in [0.2, 0.25) is 0 Å². The Balaban J connectivity index is 1.49. The number of alkyl halides is 6. The van der Waals surface area contributed by atoms with Gasteiger partial charge >= 0.3 is 0 Å². The minimum Gasteiger partial charge on any atom is -0.340 e.